The fourth-order valence-corrected chi connectivity index (χ4v) is 3.89. The Morgan fingerprint density at radius 2 is 2.04 bits per heavy atom. The summed E-state index contributed by atoms with van der Waals surface area (Å²) in [7, 11) is 0. The zero-order chi connectivity index (χ0) is 17.3. The minimum absolute atomic E-state index is 0.0621. The Kier molecular flexibility index (Phi) is 4.62. The highest BCUT2D eigenvalue weighted by Crippen LogP contribution is 2.36. The second kappa shape index (κ2) is 6.55. The van der Waals surface area contributed by atoms with Gasteiger partial charge in [-0.25, -0.2) is 0 Å². The van der Waals surface area contributed by atoms with E-state index in [9.17, 15) is 14.4 Å². The maximum Gasteiger partial charge on any atom is 0.305 e. The number of hydrogen-bond acceptors (Lipinski definition) is 3. The van der Waals surface area contributed by atoms with Crippen LogP contribution in [0.2, 0.25) is 0 Å². The molecule has 1 saturated carbocycles. The second-order valence-corrected chi connectivity index (χ2v) is 7.40. The fourth-order valence-electron chi connectivity index (χ4n) is 3.39. The van der Waals surface area contributed by atoms with Crippen LogP contribution in [0, 0.1) is 5.92 Å². The van der Waals surface area contributed by atoms with Crippen molar-refractivity contribution in [3.05, 3.63) is 28.7 Å². The number of amides is 2. The Morgan fingerprint density at radius 1 is 1.33 bits per heavy atom. The zero-order valence-electron chi connectivity index (χ0n) is 13.1. The van der Waals surface area contributed by atoms with Gasteiger partial charge < -0.3 is 15.3 Å². The molecule has 2 amide bonds. The third kappa shape index (κ3) is 3.31. The largest absolute Gasteiger partial charge is 0.481 e. The topological polar surface area (TPSA) is 86.7 Å². The first-order valence-corrected chi connectivity index (χ1v) is 8.78. The number of halogens is 1. The molecule has 0 bridgehead atoms. The van der Waals surface area contributed by atoms with E-state index in [1.165, 1.54) is 0 Å². The number of aliphatic carboxylic acids is 1. The summed E-state index contributed by atoms with van der Waals surface area (Å²) in [6.07, 6.45) is 2.36. The number of carbonyl (C=O) groups excluding carboxylic acids is 2. The Balaban J connectivity index is 1.68. The molecule has 1 aliphatic carbocycles. The number of anilines is 1. The molecule has 2 aliphatic rings. The van der Waals surface area contributed by atoms with Gasteiger partial charge in [0, 0.05) is 17.4 Å². The first-order chi connectivity index (χ1) is 11.4. The molecule has 1 saturated heterocycles. The van der Waals surface area contributed by atoms with Gasteiger partial charge in [-0.3, -0.25) is 14.4 Å². The number of carboxylic acid groups (broad SMARTS) is 1. The first kappa shape index (κ1) is 17.0. The Hall–Kier alpha value is -1.89. The number of carbonyl (C=O) groups is 3. The molecule has 0 spiro atoms. The molecule has 1 aromatic rings. The first-order valence-electron chi connectivity index (χ1n) is 7.99. The van der Waals surface area contributed by atoms with Gasteiger partial charge in [-0.2, -0.15) is 0 Å². The number of nitrogens with zero attached hydrogens (tertiary/aromatic N) is 1. The molecule has 0 radical (unpaired) electrons. The number of nitrogens with one attached hydrogen (secondary N) is 1. The molecule has 1 aliphatic heterocycles. The van der Waals surface area contributed by atoms with Crippen molar-refractivity contribution in [3.63, 3.8) is 0 Å². The van der Waals surface area contributed by atoms with Gasteiger partial charge in [-0.05, 0) is 47.3 Å². The van der Waals surface area contributed by atoms with Crippen LogP contribution in [0.5, 0.6) is 0 Å². The number of para-hydroxylation sites is 1. The molecule has 1 atom stereocenters. The molecule has 2 fully saturated rings. The van der Waals surface area contributed by atoms with E-state index in [4.69, 9.17) is 5.11 Å². The maximum atomic E-state index is 12.5. The van der Waals surface area contributed by atoms with E-state index < -0.39 is 17.4 Å². The monoisotopic (exact) mass is 394 g/mol. The molecule has 24 heavy (non-hydrogen) atoms. The van der Waals surface area contributed by atoms with Crippen molar-refractivity contribution in [2.24, 2.45) is 5.92 Å². The summed E-state index contributed by atoms with van der Waals surface area (Å²) in [5, 5.41) is 11.9. The summed E-state index contributed by atoms with van der Waals surface area (Å²) in [6, 6.07) is 7.40. The third-order valence-corrected chi connectivity index (χ3v) is 5.50. The summed E-state index contributed by atoms with van der Waals surface area (Å²) < 4.78 is 0.806. The number of benzene rings is 1. The van der Waals surface area contributed by atoms with Crippen LogP contribution in [0.25, 0.3) is 0 Å². The molecule has 2 N–H and O–H groups in total. The summed E-state index contributed by atoms with van der Waals surface area (Å²) >= 11 is 3.43. The SMILES string of the molecule is O=C(O)CC1(NC(=O)C2CC(=O)N(c3ccccc3Br)C2)CCC1. The van der Waals surface area contributed by atoms with E-state index in [1.54, 1.807) is 4.90 Å². The standard InChI is InChI=1S/C17H19BrN2O4/c18-12-4-1-2-5-13(12)20-10-11(8-14(20)21)16(24)19-17(6-3-7-17)9-15(22)23/h1-2,4-5,11H,3,6-10H2,(H,19,24)(H,22,23). The smallest absolute Gasteiger partial charge is 0.305 e. The summed E-state index contributed by atoms with van der Waals surface area (Å²) in [4.78, 5) is 37.5. The average Bonchev–Trinajstić information content (AvgIpc) is 2.87. The Bertz CT molecular complexity index is 687. The maximum absolute atomic E-state index is 12.5. The van der Waals surface area contributed by atoms with Gasteiger partial charge >= 0.3 is 5.97 Å². The molecular weight excluding hydrogens is 376 g/mol. The van der Waals surface area contributed by atoms with Crippen molar-refractivity contribution in [2.75, 3.05) is 11.4 Å². The predicted octanol–water partition coefficient (Wildman–Crippen LogP) is 2.32. The molecule has 1 heterocycles. The van der Waals surface area contributed by atoms with Gasteiger partial charge in [0.25, 0.3) is 0 Å². The van der Waals surface area contributed by atoms with E-state index in [0.29, 0.717) is 19.4 Å². The van der Waals surface area contributed by atoms with Crippen molar-refractivity contribution in [1.82, 2.24) is 5.32 Å². The molecule has 1 aromatic carbocycles. The average molecular weight is 395 g/mol. The minimum atomic E-state index is -0.910. The molecule has 0 aromatic heterocycles. The number of hydrogen-bond donors (Lipinski definition) is 2. The van der Waals surface area contributed by atoms with E-state index in [-0.39, 0.29) is 24.7 Å². The number of rotatable bonds is 5. The van der Waals surface area contributed by atoms with Crippen LogP contribution in [0.1, 0.15) is 32.1 Å². The second-order valence-electron chi connectivity index (χ2n) is 6.55. The number of carboxylic acids is 1. The molecule has 1 unspecified atom stereocenters. The van der Waals surface area contributed by atoms with Crippen LogP contribution in [0.3, 0.4) is 0 Å². The highest BCUT2D eigenvalue weighted by atomic mass is 79.9. The normalized spacial score (nSPS) is 22.1. The van der Waals surface area contributed by atoms with E-state index >= 15 is 0 Å². The van der Waals surface area contributed by atoms with Crippen LogP contribution in [0.15, 0.2) is 28.7 Å². The van der Waals surface area contributed by atoms with Gasteiger partial charge in [-0.1, -0.05) is 12.1 Å². The molecule has 3 rings (SSSR count). The lowest BCUT2D eigenvalue weighted by Crippen LogP contribution is -2.56. The highest BCUT2D eigenvalue weighted by Gasteiger charge is 2.43. The summed E-state index contributed by atoms with van der Waals surface area (Å²) in [5.74, 6) is -1.68. The van der Waals surface area contributed by atoms with E-state index in [0.717, 1.165) is 16.6 Å². The van der Waals surface area contributed by atoms with Gasteiger partial charge in [0.05, 0.1) is 23.6 Å². The Labute approximate surface area is 148 Å². The van der Waals surface area contributed by atoms with Crippen molar-refractivity contribution in [1.29, 1.82) is 0 Å². The summed E-state index contributed by atoms with van der Waals surface area (Å²) in [6.45, 7) is 0.316. The van der Waals surface area contributed by atoms with Gasteiger partial charge in [0.15, 0.2) is 0 Å². The van der Waals surface area contributed by atoms with Crippen molar-refractivity contribution in [2.45, 2.75) is 37.6 Å². The minimum Gasteiger partial charge on any atom is -0.481 e. The van der Waals surface area contributed by atoms with Crippen molar-refractivity contribution in [3.8, 4) is 0 Å². The fraction of sp³-hybridized carbons (Fsp3) is 0.471. The molecular formula is C17H19BrN2O4. The van der Waals surface area contributed by atoms with Crippen LogP contribution in [-0.2, 0) is 14.4 Å². The van der Waals surface area contributed by atoms with Crippen LogP contribution >= 0.6 is 15.9 Å². The lowest BCUT2D eigenvalue weighted by molar-refractivity contribution is -0.141. The Morgan fingerprint density at radius 3 is 2.62 bits per heavy atom. The molecule has 6 nitrogen and oxygen atoms in total. The van der Waals surface area contributed by atoms with E-state index in [2.05, 4.69) is 21.2 Å². The van der Waals surface area contributed by atoms with E-state index in [1.807, 2.05) is 24.3 Å². The lowest BCUT2D eigenvalue weighted by atomic mass is 9.74. The van der Waals surface area contributed by atoms with Gasteiger partial charge in [-0.15, -0.1) is 0 Å². The zero-order valence-corrected chi connectivity index (χ0v) is 14.7. The van der Waals surface area contributed by atoms with Gasteiger partial charge in [0.1, 0.15) is 0 Å². The summed E-state index contributed by atoms with van der Waals surface area (Å²) in [5.41, 5.74) is 0.119. The molecule has 7 heteroatoms. The van der Waals surface area contributed by atoms with Gasteiger partial charge in [0.2, 0.25) is 11.8 Å². The molecule has 128 valence electrons. The van der Waals surface area contributed by atoms with Crippen LogP contribution < -0.4 is 10.2 Å². The lowest BCUT2D eigenvalue weighted by Gasteiger charge is -2.42. The van der Waals surface area contributed by atoms with Crippen molar-refractivity contribution >= 4 is 39.4 Å². The quantitative estimate of drug-likeness (QED) is 0.801. The predicted molar refractivity (Wildman–Crippen MR) is 91.6 cm³/mol. The van der Waals surface area contributed by atoms with Crippen molar-refractivity contribution < 1.29 is 19.5 Å². The van der Waals surface area contributed by atoms with Crippen LogP contribution in [-0.4, -0.2) is 35.0 Å². The van der Waals surface area contributed by atoms with Crippen LogP contribution in [0.4, 0.5) is 5.69 Å². The highest BCUT2D eigenvalue weighted by molar-refractivity contribution is 9.10. The third-order valence-electron chi connectivity index (χ3n) is 4.83.